The Morgan fingerprint density at radius 3 is 1.66 bits per heavy atom. The largest absolute Gasteiger partial charge is 0.370 e. The molecule has 64 heavy (non-hydrogen) atoms. The fourth-order valence-corrected chi connectivity index (χ4v) is 6.73. The molecule has 9 amide bonds. The van der Waals surface area contributed by atoms with Crippen molar-refractivity contribution in [3.05, 3.63) is 35.9 Å². The SMILES string of the molecule is CC(=O)N(O)CCC[C@@H]1NC[C@@](C=O)(CCCN(O)C(C)=O)NC(=O)[C@@H](Cc2ccccc2)NC(=O)[C@H](CC(C)C)NC(=O)[C@H](CC(N)=O)NC(=O)[C@H](CCCN(O)C(C)=O)NC1=O. The Morgan fingerprint density at radius 1 is 0.688 bits per heavy atom. The summed E-state index contributed by atoms with van der Waals surface area (Å²) < 4.78 is 0. The molecule has 2 rings (SSSR count). The van der Waals surface area contributed by atoms with Crippen molar-refractivity contribution in [2.24, 2.45) is 11.7 Å². The lowest BCUT2D eigenvalue weighted by molar-refractivity contribution is -0.163. The van der Waals surface area contributed by atoms with Gasteiger partial charge in [-0.3, -0.25) is 58.8 Å². The minimum Gasteiger partial charge on any atom is -0.370 e. The van der Waals surface area contributed by atoms with Crippen LogP contribution < -0.4 is 37.6 Å². The van der Waals surface area contributed by atoms with E-state index in [1.807, 2.05) is 0 Å². The van der Waals surface area contributed by atoms with Crippen LogP contribution in [0.15, 0.2) is 30.3 Å². The van der Waals surface area contributed by atoms with Crippen LogP contribution >= 0.6 is 0 Å². The highest BCUT2D eigenvalue weighted by Crippen LogP contribution is 2.16. The van der Waals surface area contributed by atoms with Crippen LogP contribution in [-0.4, -0.2) is 152 Å². The summed E-state index contributed by atoms with van der Waals surface area (Å²) in [4.78, 5) is 131. The van der Waals surface area contributed by atoms with Gasteiger partial charge >= 0.3 is 0 Å². The van der Waals surface area contributed by atoms with Gasteiger partial charge < -0.3 is 42.4 Å². The topological polar surface area (TPSA) is 339 Å². The number of aldehydes is 1. The molecule has 1 fully saturated rings. The smallest absolute Gasteiger partial charge is 0.243 e. The zero-order valence-corrected chi connectivity index (χ0v) is 37.0. The number of amides is 9. The molecule has 23 nitrogen and oxygen atoms in total. The molecule has 11 N–H and O–H groups in total. The Labute approximate surface area is 371 Å². The van der Waals surface area contributed by atoms with Crippen LogP contribution in [0.25, 0.3) is 0 Å². The molecule has 1 aromatic carbocycles. The van der Waals surface area contributed by atoms with E-state index in [2.05, 4.69) is 31.9 Å². The first-order valence-electron chi connectivity index (χ1n) is 21.0. The Kier molecular flexibility index (Phi) is 22.4. The van der Waals surface area contributed by atoms with E-state index >= 15 is 0 Å². The van der Waals surface area contributed by atoms with E-state index in [-0.39, 0.29) is 76.9 Å². The van der Waals surface area contributed by atoms with Gasteiger partial charge in [-0.25, -0.2) is 15.2 Å². The average molecular weight is 905 g/mol. The highest BCUT2D eigenvalue weighted by molar-refractivity contribution is 5.98. The van der Waals surface area contributed by atoms with Crippen molar-refractivity contribution in [1.82, 2.24) is 47.1 Å². The third-order valence-corrected chi connectivity index (χ3v) is 10.3. The minimum atomic E-state index is -1.90. The Bertz CT molecular complexity index is 1800. The summed E-state index contributed by atoms with van der Waals surface area (Å²) in [5.74, 6) is -7.94. The van der Waals surface area contributed by atoms with Crippen molar-refractivity contribution < 1.29 is 63.6 Å². The highest BCUT2D eigenvalue weighted by Gasteiger charge is 2.38. The zero-order chi connectivity index (χ0) is 48.1. The molecule has 23 heteroatoms. The third-order valence-electron chi connectivity index (χ3n) is 10.3. The molecule has 1 aliphatic heterocycles. The summed E-state index contributed by atoms with van der Waals surface area (Å²) >= 11 is 0. The number of carbonyl (C=O) groups excluding carboxylic acids is 10. The van der Waals surface area contributed by atoms with E-state index in [1.54, 1.807) is 44.2 Å². The van der Waals surface area contributed by atoms with Crippen molar-refractivity contribution >= 4 is 59.5 Å². The number of nitrogens with one attached hydrogen (secondary N) is 6. The molecule has 0 spiro atoms. The Balaban J connectivity index is 2.81. The van der Waals surface area contributed by atoms with Gasteiger partial charge in [0.05, 0.1) is 12.5 Å². The van der Waals surface area contributed by atoms with Gasteiger partial charge in [-0.2, -0.15) is 0 Å². The predicted octanol–water partition coefficient (Wildman–Crippen LogP) is -1.83. The second-order valence-electron chi connectivity index (χ2n) is 16.2. The number of benzene rings is 1. The number of carbonyl (C=O) groups is 10. The number of rotatable bonds is 19. The van der Waals surface area contributed by atoms with Gasteiger partial charge in [0.2, 0.25) is 53.2 Å². The first kappa shape index (κ1) is 54.1. The van der Waals surface area contributed by atoms with Crippen LogP contribution in [0.1, 0.15) is 91.5 Å². The first-order chi connectivity index (χ1) is 30.1. The normalized spacial score (nSPS) is 22.6. The van der Waals surface area contributed by atoms with Crippen molar-refractivity contribution in [2.75, 3.05) is 26.2 Å². The van der Waals surface area contributed by atoms with E-state index in [4.69, 9.17) is 5.73 Å². The average Bonchev–Trinajstić information content (AvgIpc) is 3.22. The number of hydrogen-bond acceptors (Lipinski definition) is 14. The molecule has 0 bridgehead atoms. The van der Waals surface area contributed by atoms with Crippen molar-refractivity contribution in [3.63, 3.8) is 0 Å². The minimum absolute atomic E-state index is 0.0127. The number of nitrogens with two attached hydrogens (primary N) is 1. The third kappa shape index (κ3) is 18.7. The molecular weight excluding hydrogens is 841 g/mol. The van der Waals surface area contributed by atoms with E-state index in [0.29, 0.717) is 27.0 Å². The maximum atomic E-state index is 14.4. The second-order valence-corrected chi connectivity index (χ2v) is 16.2. The number of primary amides is 1. The fourth-order valence-electron chi connectivity index (χ4n) is 6.73. The lowest BCUT2D eigenvalue weighted by Gasteiger charge is -2.34. The summed E-state index contributed by atoms with van der Waals surface area (Å²) in [7, 11) is 0. The van der Waals surface area contributed by atoms with Gasteiger partial charge in [-0.15, -0.1) is 0 Å². The number of hydroxylamine groups is 6. The van der Waals surface area contributed by atoms with Crippen LogP contribution in [0.2, 0.25) is 0 Å². The molecule has 0 radical (unpaired) electrons. The summed E-state index contributed by atoms with van der Waals surface area (Å²) in [5, 5.41) is 47.2. The first-order valence-corrected chi connectivity index (χ1v) is 21.0. The van der Waals surface area contributed by atoms with Gasteiger partial charge in [0, 0.05) is 53.4 Å². The number of nitrogens with zero attached hydrogens (tertiary/aromatic N) is 3. The van der Waals surface area contributed by atoms with Crippen molar-refractivity contribution in [3.8, 4) is 0 Å². The van der Waals surface area contributed by atoms with E-state index in [1.165, 1.54) is 0 Å². The summed E-state index contributed by atoms with van der Waals surface area (Å²) in [5.41, 5.74) is 4.16. The molecule has 1 aliphatic rings. The molecule has 0 saturated carbocycles. The Hall–Kier alpha value is -6.04. The molecule has 356 valence electrons. The molecule has 1 saturated heterocycles. The lowest BCUT2D eigenvalue weighted by atomic mass is 9.92. The van der Waals surface area contributed by atoms with Gasteiger partial charge in [0.25, 0.3) is 0 Å². The number of hydrogen-bond donors (Lipinski definition) is 10. The second kappa shape index (κ2) is 26.6. The van der Waals surface area contributed by atoms with Gasteiger partial charge in [-0.05, 0) is 56.4 Å². The molecule has 6 atom stereocenters. The summed E-state index contributed by atoms with van der Waals surface area (Å²) in [6.45, 7) is 5.53. The van der Waals surface area contributed by atoms with Crippen LogP contribution in [0.5, 0.6) is 0 Å². The standard InChI is InChI=1S/C41H64N10O13/c1-25(2)20-32-38(59)46-33(21-29-12-7-6-8-13-29)40(61)48-41(24-52,16-11-19-51(64)28(5)55)23-43-30(14-9-17-49(62)26(3)53)36(57)44-31(15-10-18-50(63)27(4)54)37(58)47-34(22-35(42)56)39(60)45-32/h6-8,12-13,24-25,30-34,43,62-64H,9-11,14-23H2,1-5H3,(H2,42,56)(H,44,57)(H,45,60)(H,46,59)(H,47,58)(H,48,61)/t30-,31-,32-,33+,34-,41+/m0/s1. The summed E-state index contributed by atoms with van der Waals surface area (Å²) in [6, 6.07) is 1.26. The van der Waals surface area contributed by atoms with Crippen molar-refractivity contribution in [2.45, 2.75) is 128 Å². The highest BCUT2D eigenvalue weighted by atomic mass is 16.5. The molecule has 0 unspecified atom stereocenters. The van der Waals surface area contributed by atoms with Crippen LogP contribution in [-0.2, 0) is 54.4 Å². The van der Waals surface area contributed by atoms with E-state index < -0.39 is 102 Å². The Morgan fingerprint density at radius 2 is 1.14 bits per heavy atom. The van der Waals surface area contributed by atoms with Gasteiger partial charge in [-0.1, -0.05) is 44.2 Å². The molecule has 1 aromatic rings. The predicted molar refractivity (Wildman–Crippen MR) is 225 cm³/mol. The van der Waals surface area contributed by atoms with Crippen LogP contribution in [0.4, 0.5) is 0 Å². The maximum absolute atomic E-state index is 14.4. The van der Waals surface area contributed by atoms with Gasteiger partial charge in [0.1, 0.15) is 36.0 Å². The van der Waals surface area contributed by atoms with Gasteiger partial charge in [0.15, 0.2) is 0 Å². The van der Waals surface area contributed by atoms with Crippen molar-refractivity contribution in [1.29, 1.82) is 0 Å². The van der Waals surface area contributed by atoms with E-state index in [0.717, 1.165) is 20.8 Å². The van der Waals surface area contributed by atoms with Crippen LogP contribution in [0.3, 0.4) is 0 Å². The molecule has 0 aromatic heterocycles. The molecular formula is C41H64N10O13. The lowest BCUT2D eigenvalue weighted by Crippen LogP contribution is -2.64. The monoisotopic (exact) mass is 904 g/mol. The zero-order valence-electron chi connectivity index (χ0n) is 37.0. The van der Waals surface area contributed by atoms with Crippen LogP contribution in [0, 0.1) is 5.92 Å². The fraction of sp³-hybridized carbons (Fsp3) is 0.610. The molecule has 0 aliphatic carbocycles. The molecule has 1 heterocycles. The summed E-state index contributed by atoms with van der Waals surface area (Å²) in [6.07, 6.45) is -1.27. The van der Waals surface area contributed by atoms with E-state index in [9.17, 15) is 63.6 Å². The quantitative estimate of drug-likeness (QED) is 0.0415. The maximum Gasteiger partial charge on any atom is 0.243 e.